The minimum Gasteiger partial charge on any atom is -0.289 e. The third-order valence-corrected chi connectivity index (χ3v) is 6.79. The average molecular weight is 326 g/mol. The van der Waals surface area contributed by atoms with Crippen LogP contribution in [0.2, 0.25) is 0 Å². The Morgan fingerprint density at radius 1 is 1.32 bits per heavy atom. The van der Waals surface area contributed by atoms with E-state index in [1.165, 1.54) is 12.3 Å². The molecule has 0 saturated heterocycles. The van der Waals surface area contributed by atoms with Crippen molar-refractivity contribution >= 4 is 15.7 Å². The summed E-state index contributed by atoms with van der Waals surface area (Å²) >= 11 is 0. The van der Waals surface area contributed by atoms with Gasteiger partial charge in [-0.05, 0) is 31.4 Å². The zero-order valence-corrected chi connectivity index (χ0v) is 13.5. The number of nitrogens with zero attached hydrogens (tertiary/aromatic N) is 1. The lowest BCUT2D eigenvalue weighted by molar-refractivity contribution is -0.132. The Bertz CT molecular complexity index is 619. The fraction of sp³-hybridized carbons (Fsp3) is 0.600. The van der Waals surface area contributed by atoms with Crippen LogP contribution in [0.15, 0.2) is 23.2 Å². The van der Waals surface area contributed by atoms with Crippen molar-refractivity contribution in [3.63, 3.8) is 0 Å². The van der Waals surface area contributed by atoms with Crippen LogP contribution < -0.4 is 5.48 Å². The zero-order chi connectivity index (χ0) is 16.2. The van der Waals surface area contributed by atoms with Crippen LogP contribution in [-0.2, 0) is 21.1 Å². The molecule has 6 nitrogen and oxygen atoms in total. The Morgan fingerprint density at radius 2 is 2.00 bits per heavy atom. The number of hydroxylamine groups is 1. The van der Waals surface area contributed by atoms with Gasteiger partial charge >= 0.3 is 0 Å². The molecule has 1 aromatic heterocycles. The normalized spacial score (nSPS) is 17.9. The highest BCUT2D eigenvalue weighted by atomic mass is 32.2. The van der Waals surface area contributed by atoms with Crippen molar-refractivity contribution in [1.82, 2.24) is 10.5 Å². The number of rotatable bonds is 5. The van der Waals surface area contributed by atoms with E-state index in [1.54, 1.807) is 11.5 Å². The highest BCUT2D eigenvalue weighted by Gasteiger charge is 2.51. The minimum atomic E-state index is -3.90. The molecule has 0 bridgehead atoms. The van der Waals surface area contributed by atoms with Crippen molar-refractivity contribution in [2.24, 2.45) is 0 Å². The molecule has 1 aliphatic carbocycles. The molecule has 1 amide bonds. The number of hydrogen-bond donors (Lipinski definition) is 2. The van der Waals surface area contributed by atoms with Crippen LogP contribution in [0.3, 0.4) is 0 Å². The highest BCUT2D eigenvalue weighted by Crippen LogP contribution is 2.39. The lowest BCUT2D eigenvalue weighted by Gasteiger charge is -2.34. The van der Waals surface area contributed by atoms with Gasteiger partial charge in [0, 0.05) is 11.9 Å². The summed E-state index contributed by atoms with van der Waals surface area (Å²) < 4.78 is 24.3. The summed E-state index contributed by atoms with van der Waals surface area (Å²) in [5.41, 5.74) is 2.37. The summed E-state index contributed by atoms with van der Waals surface area (Å²) in [7, 11) is -3.90. The van der Waals surface area contributed by atoms with Crippen molar-refractivity contribution in [2.45, 2.75) is 61.5 Å². The molecule has 1 heterocycles. The van der Waals surface area contributed by atoms with Gasteiger partial charge < -0.3 is 0 Å². The van der Waals surface area contributed by atoms with Crippen LogP contribution in [0.1, 0.15) is 51.1 Å². The second-order valence-electron chi connectivity index (χ2n) is 5.73. The molecule has 0 radical (unpaired) electrons. The summed E-state index contributed by atoms with van der Waals surface area (Å²) in [6.45, 7) is 2.02. The first-order chi connectivity index (χ1) is 10.5. The number of sulfone groups is 1. The van der Waals surface area contributed by atoms with Crippen molar-refractivity contribution in [2.75, 3.05) is 0 Å². The number of pyridine rings is 1. The molecule has 0 atom stereocenters. The molecule has 0 aromatic carbocycles. The van der Waals surface area contributed by atoms with Crippen LogP contribution in [0.25, 0.3) is 0 Å². The van der Waals surface area contributed by atoms with Crippen molar-refractivity contribution in [1.29, 1.82) is 0 Å². The third-order valence-electron chi connectivity index (χ3n) is 4.31. The molecule has 2 rings (SSSR count). The number of hydrogen-bond acceptors (Lipinski definition) is 5. The Morgan fingerprint density at radius 3 is 2.50 bits per heavy atom. The minimum absolute atomic E-state index is 0.0397. The summed E-state index contributed by atoms with van der Waals surface area (Å²) in [4.78, 5) is 16.3. The van der Waals surface area contributed by atoms with Gasteiger partial charge in [-0.25, -0.2) is 13.9 Å². The van der Waals surface area contributed by atoms with E-state index in [9.17, 15) is 13.2 Å². The summed E-state index contributed by atoms with van der Waals surface area (Å²) in [6.07, 6.45) is 5.66. The molecule has 122 valence electrons. The number of aryl methyl sites for hydroxylation is 1. The van der Waals surface area contributed by atoms with E-state index in [2.05, 4.69) is 4.98 Å². The maximum absolute atomic E-state index is 13.0. The topological polar surface area (TPSA) is 96.4 Å². The molecular weight excluding hydrogens is 304 g/mol. The van der Waals surface area contributed by atoms with Crippen molar-refractivity contribution in [3.8, 4) is 0 Å². The summed E-state index contributed by atoms with van der Waals surface area (Å²) in [6, 6.07) is 3.19. The summed E-state index contributed by atoms with van der Waals surface area (Å²) in [5, 5.41) is 9.00. The van der Waals surface area contributed by atoms with Crippen LogP contribution in [0.4, 0.5) is 0 Å². The Kier molecular flexibility index (Phi) is 5.18. The average Bonchev–Trinajstić information content (AvgIpc) is 2.55. The van der Waals surface area contributed by atoms with Crippen LogP contribution >= 0.6 is 0 Å². The molecule has 0 aliphatic heterocycles. The molecule has 22 heavy (non-hydrogen) atoms. The van der Waals surface area contributed by atoms with E-state index in [0.29, 0.717) is 12.8 Å². The van der Waals surface area contributed by atoms with Gasteiger partial charge in [0.05, 0.1) is 4.90 Å². The SMILES string of the molecule is CCCc1ccc(S(=O)(=O)C2(C(=O)NO)CCCCC2)cn1. The predicted octanol–water partition coefficient (Wildman–Crippen LogP) is 2.02. The summed E-state index contributed by atoms with van der Waals surface area (Å²) in [5.74, 6) is -0.843. The zero-order valence-electron chi connectivity index (χ0n) is 12.7. The molecule has 1 saturated carbocycles. The lowest BCUT2D eigenvalue weighted by atomic mass is 9.88. The van der Waals surface area contributed by atoms with Crippen LogP contribution in [-0.4, -0.2) is 29.3 Å². The van der Waals surface area contributed by atoms with E-state index < -0.39 is 20.5 Å². The first-order valence-electron chi connectivity index (χ1n) is 7.62. The van der Waals surface area contributed by atoms with E-state index in [-0.39, 0.29) is 17.7 Å². The monoisotopic (exact) mass is 326 g/mol. The number of amides is 1. The first-order valence-corrected chi connectivity index (χ1v) is 9.10. The maximum Gasteiger partial charge on any atom is 0.265 e. The van der Waals surface area contributed by atoms with Crippen LogP contribution in [0, 0.1) is 0 Å². The molecule has 2 N–H and O–H groups in total. The Balaban J connectivity index is 2.42. The molecular formula is C15H22N2O4S. The standard InChI is InChI=1S/C15H22N2O4S/c1-2-6-12-7-8-13(11-16-12)22(20,21)15(14(18)17-19)9-4-3-5-10-15/h7-8,11,19H,2-6,9-10H2,1H3,(H,17,18). The van der Waals surface area contributed by atoms with Gasteiger partial charge in [0.1, 0.15) is 0 Å². The Labute approximate surface area is 130 Å². The Hall–Kier alpha value is -1.47. The molecule has 0 spiro atoms. The van der Waals surface area contributed by atoms with Crippen LogP contribution in [0.5, 0.6) is 0 Å². The fourth-order valence-electron chi connectivity index (χ4n) is 3.04. The second kappa shape index (κ2) is 6.75. The molecule has 0 unspecified atom stereocenters. The lowest BCUT2D eigenvalue weighted by Crippen LogP contribution is -2.52. The molecule has 1 aromatic rings. The van der Waals surface area contributed by atoms with Gasteiger partial charge in [-0.2, -0.15) is 0 Å². The second-order valence-corrected chi connectivity index (χ2v) is 7.99. The van der Waals surface area contributed by atoms with Gasteiger partial charge in [0.2, 0.25) is 0 Å². The maximum atomic E-state index is 13.0. The number of aromatic nitrogens is 1. The highest BCUT2D eigenvalue weighted by molar-refractivity contribution is 7.93. The molecule has 1 fully saturated rings. The first kappa shape index (κ1) is 16.9. The van der Waals surface area contributed by atoms with Gasteiger partial charge in [-0.1, -0.05) is 32.6 Å². The van der Waals surface area contributed by atoms with E-state index in [1.807, 2.05) is 6.92 Å². The van der Waals surface area contributed by atoms with E-state index >= 15 is 0 Å². The smallest absolute Gasteiger partial charge is 0.265 e. The number of nitrogens with one attached hydrogen (secondary N) is 1. The third kappa shape index (κ3) is 2.87. The van der Waals surface area contributed by atoms with E-state index in [4.69, 9.17) is 5.21 Å². The van der Waals surface area contributed by atoms with Gasteiger partial charge in [0.25, 0.3) is 5.91 Å². The molecule has 7 heteroatoms. The molecule has 1 aliphatic rings. The predicted molar refractivity (Wildman–Crippen MR) is 81.2 cm³/mol. The number of carbonyl (C=O) groups excluding carboxylic acids is 1. The largest absolute Gasteiger partial charge is 0.289 e. The quantitative estimate of drug-likeness (QED) is 0.637. The van der Waals surface area contributed by atoms with Crippen molar-refractivity contribution < 1.29 is 18.4 Å². The van der Waals surface area contributed by atoms with Gasteiger partial charge in [-0.15, -0.1) is 0 Å². The van der Waals surface area contributed by atoms with Gasteiger partial charge in [0.15, 0.2) is 14.6 Å². The van der Waals surface area contributed by atoms with Gasteiger partial charge in [-0.3, -0.25) is 15.0 Å². The number of carbonyl (C=O) groups is 1. The van der Waals surface area contributed by atoms with Crippen molar-refractivity contribution in [3.05, 3.63) is 24.0 Å². The fourth-order valence-corrected chi connectivity index (χ4v) is 5.05. The van der Waals surface area contributed by atoms with E-state index in [0.717, 1.165) is 25.0 Å².